The van der Waals surface area contributed by atoms with Crippen LogP contribution >= 0.6 is 0 Å². The molecule has 3 heterocycles. The Morgan fingerprint density at radius 2 is 1.76 bits per heavy atom. The number of amides is 1. The molecule has 0 spiro atoms. The minimum atomic E-state index is -0.424. The summed E-state index contributed by atoms with van der Waals surface area (Å²) in [6, 6.07) is 0.181. The van der Waals surface area contributed by atoms with Gasteiger partial charge in [-0.05, 0) is 51.4 Å². The van der Waals surface area contributed by atoms with Gasteiger partial charge in [0.25, 0.3) is 11.5 Å². The molecular formula is C25H38N4O4. The number of anilines is 1. The molecule has 33 heavy (non-hydrogen) atoms. The summed E-state index contributed by atoms with van der Waals surface area (Å²) in [4.78, 5) is 26.3. The third kappa shape index (κ3) is 4.54. The summed E-state index contributed by atoms with van der Waals surface area (Å²) in [5.74, 6) is 0.186. The third-order valence-electron chi connectivity index (χ3n) is 7.45. The van der Waals surface area contributed by atoms with Crippen molar-refractivity contribution in [3.8, 4) is 0 Å². The van der Waals surface area contributed by atoms with Crippen molar-refractivity contribution < 1.29 is 14.1 Å². The lowest BCUT2D eigenvalue weighted by atomic mass is 9.83. The maximum absolute atomic E-state index is 13.2. The van der Waals surface area contributed by atoms with Crippen molar-refractivity contribution in [3.63, 3.8) is 0 Å². The molecule has 8 nitrogen and oxygen atoms in total. The van der Waals surface area contributed by atoms with Gasteiger partial charge in [-0.1, -0.05) is 45.2 Å². The van der Waals surface area contributed by atoms with Crippen LogP contribution in [0.1, 0.15) is 112 Å². The topological polar surface area (TPSA) is 91.3 Å². The Balaban J connectivity index is 1.55. The summed E-state index contributed by atoms with van der Waals surface area (Å²) in [5, 5.41) is 6.90. The zero-order chi connectivity index (χ0) is 23.9. The van der Waals surface area contributed by atoms with Crippen molar-refractivity contribution in [2.45, 2.75) is 104 Å². The normalized spacial score (nSPS) is 22.5. The Morgan fingerprint density at radius 3 is 2.42 bits per heavy atom. The largest absolute Gasteiger partial charge is 0.366 e. The molecule has 0 aromatic carbocycles. The SMILES string of the molecule is Cc1c(C(=O)Nc2c(C)n(C)n(C3CCCCC3)c2=O)noc1[C@@H]1CCC[C@H](C(C)(C)C)O1. The van der Waals surface area contributed by atoms with E-state index in [1.165, 1.54) is 6.42 Å². The van der Waals surface area contributed by atoms with Crippen LogP contribution in [0.15, 0.2) is 9.32 Å². The van der Waals surface area contributed by atoms with E-state index in [-0.39, 0.29) is 34.9 Å². The van der Waals surface area contributed by atoms with E-state index >= 15 is 0 Å². The molecule has 2 fully saturated rings. The highest BCUT2D eigenvalue weighted by Gasteiger charge is 2.35. The van der Waals surface area contributed by atoms with Crippen molar-refractivity contribution in [2.24, 2.45) is 12.5 Å². The number of nitrogens with zero attached hydrogens (tertiary/aromatic N) is 3. The summed E-state index contributed by atoms with van der Waals surface area (Å²) < 4.78 is 15.6. The van der Waals surface area contributed by atoms with E-state index in [0.29, 0.717) is 17.0 Å². The molecule has 182 valence electrons. The van der Waals surface area contributed by atoms with Gasteiger partial charge < -0.3 is 14.6 Å². The second kappa shape index (κ2) is 9.12. The highest BCUT2D eigenvalue weighted by atomic mass is 16.5. The van der Waals surface area contributed by atoms with Crippen molar-refractivity contribution >= 4 is 11.6 Å². The van der Waals surface area contributed by atoms with Crippen molar-refractivity contribution in [1.29, 1.82) is 0 Å². The first kappa shape index (κ1) is 23.8. The first-order valence-corrected chi connectivity index (χ1v) is 12.3. The van der Waals surface area contributed by atoms with Crippen LogP contribution in [0.25, 0.3) is 0 Å². The highest BCUT2D eigenvalue weighted by Crippen LogP contribution is 2.39. The molecule has 0 radical (unpaired) electrons. The van der Waals surface area contributed by atoms with Crippen LogP contribution < -0.4 is 10.9 Å². The molecule has 2 aliphatic rings. The highest BCUT2D eigenvalue weighted by molar-refractivity contribution is 6.04. The van der Waals surface area contributed by atoms with Crippen molar-refractivity contribution in [2.75, 3.05) is 5.32 Å². The molecule has 4 rings (SSSR count). The second-order valence-electron chi connectivity index (χ2n) is 10.8. The lowest BCUT2D eigenvalue weighted by Crippen LogP contribution is -2.34. The van der Waals surface area contributed by atoms with E-state index in [2.05, 4.69) is 31.2 Å². The van der Waals surface area contributed by atoms with Crippen molar-refractivity contribution in [1.82, 2.24) is 14.5 Å². The van der Waals surface area contributed by atoms with Crippen LogP contribution in [0, 0.1) is 19.3 Å². The van der Waals surface area contributed by atoms with Gasteiger partial charge >= 0.3 is 0 Å². The van der Waals surface area contributed by atoms with E-state index in [0.717, 1.165) is 50.6 Å². The first-order chi connectivity index (χ1) is 15.6. The average molecular weight is 459 g/mol. The molecule has 1 saturated carbocycles. The number of carbonyl (C=O) groups is 1. The number of nitrogens with one attached hydrogen (secondary N) is 1. The number of ether oxygens (including phenoxy) is 1. The first-order valence-electron chi connectivity index (χ1n) is 12.3. The number of carbonyl (C=O) groups excluding carboxylic acids is 1. The van der Waals surface area contributed by atoms with E-state index < -0.39 is 5.91 Å². The fraction of sp³-hybridized carbons (Fsp3) is 0.720. The summed E-state index contributed by atoms with van der Waals surface area (Å²) in [5.41, 5.74) is 1.82. The maximum atomic E-state index is 13.2. The van der Waals surface area contributed by atoms with Crippen LogP contribution in [0.4, 0.5) is 5.69 Å². The van der Waals surface area contributed by atoms with Gasteiger partial charge in [0.15, 0.2) is 11.5 Å². The Labute approximate surface area is 195 Å². The van der Waals surface area contributed by atoms with E-state index in [1.54, 1.807) is 4.68 Å². The molecule has 1 saturated heterocycles. The molecule has 1 N–H and O–H groups in total. The van der Waals surface area contributed by atoms with Crippen LogP contribution in [0.2, 0.25) is 0 Å². The minimum Gasteiger partial charge on any atom is -0.366 e. The van der Waals surface area contributed by atoms with Gasteiger partial charge in [-0.3, -0.25) is 14.3 Å². The van der Waals surface area contributed by atoms with Crippen LogP contribution in [0.3, 0.4) is 0 Å². The quantitative estimate of drug-likeness (QED) is 0.679. The summed E-state index contributed by atoms with van der Waals surface area (Å²) >= 11 is 0. The molecular weight excluding hydrogens is 420 g/mol. The zero-order valence-corrected chi connectivity index (χ0v) is 20.9. The summed E-state index contributed by atoms with van der Waals surface area (Å²) in [6.07, 6.45) is 8.27. The smallest absolute Gasteiger partial charge is 0.291 e. The van der Waals surface area contributed by atoms with Crippen LogP contribution in [-0.4, -0.2) is 26.5 Å². The van der Waals surface area contributed by atoms with E-state index in [4.69, 9.17) is 9.26 Å². The maximum Gasteiger partial charge on any atom is 0.291 e. The number of aromatic nitrogens is 3. The lowest BCUT2D eigenvalue weighted by molar-refractivity contribution is -0.109. The van der Waals surface area contributed by atoms with Gasteiger partial charge in [-0.15, -0.1) is 0 Å². The Bertz CT molecular complexity index is 1070. The van der Waals surface area contributed by atoms with Crippen LogP contribution in [-0.2, 0) is 11.8 Å². The average Bonchev–Trinajstić information content (AvgIpc) is 3.27. The predicted molar refractivity (Wildman–Crippen MR) is 127 cm³/mol. The predicted octanol–water partition coefficient (Wildman–Crippen LogP) is 5.21. The zero-order valence-electron chi connectivity index (χ0n) is 20.9. The molecule has 1 aliphatic heterocycles. The van der Waals surface area contributed by atoms with Gasteiger partial charge in [-0.2, -0.15) is 0 Å². The second-order valence-corrected chi connectivity index (χ2v) is 10.8. The van der Waals surface area contributed by atoms with Gasteiger partial charge in [0.2, 0.25) is 0 Å². The van der Waals surface area contributed by atoms with Crippen molar-refractivity contribution in [3.05, 3.63) is 33.1 Å². The van der Waals surface area contributed by atoms with E-state index in [1.807, 2.05) is 25.6 Å². The Kier molecular flexibility index (Phi) is 6.58. The molecule has 0 bridgehead atoms. The fourth-order valence-electron chi connectivity index (χ4n) is 5.30. The standard InChI is InChI=1S/C25H38N4O4/c1-15-20(27-33-22(15)18-13-10-14-19(32-18)25(3,4)5)23(30)26-21-16(2)28(6)29(24(21)31)17-11-8-7-9-12-17/h17-19H,7-14H2,1-6H3,(H,26,30)/t18-,19+/m0/s1. The van der Waals surface area contributed by atoms with Gasteiger partial charge in [-0.25, -0.2) is 4.68 Å². The molecule has 8 heteroatoms. The Hall–Kier alpha value is -2.35. The van der Waals surface area contributed by atoms with Crippen LogP contribution in [0.5, 0.6) is 0 Å². The lowest BCUT2D eigenvalue weighted by Gasteiger charge is -2.37. The fourth-order valence-corrected chi connectivity index (χ4v) is 5.30. The molecule has 1 amide bonds. The number of rotatable bonds is 4. The summed E-state index contributed by atoms with van der Waals surface area (Å²) in [7, 11) is 1.88. The summed E-state index contributed by atoms with van der Waals surface area (Å²) in [6.45, 7) is 10.2. The van der Waals surface area contributed by atoms with Gasteiger partial charge in [0, 0.05) is 12.6 Å². The Morgan fingerprint density at radius 1 is 1.06 bits per heavy atom. The molecule has 1 aliphatic carbocycles. The third-order valence-corrected chi connectivity index (χ3v) is 7.45. The molecule has 2 aromatic heterocycles. The number of hydrogen-bond donors (Lipinski definition) is 1. The van der Waals surface area contributed by atoms with E-state index in [9.17, 15) is 9.59 Å². The van der Waals surface area contributed by atoms with Gasteiger partial charge in [0.05, 0.1) is 17.8 Å². The van der Waals surface area contributed by atoms with Gasteiger partial charge in [0.1, 0.15) is 11.8 Å². The minimum absolute atomic E-state index is 0.0376. The molecule has 2 atom stereocenters. The molecule has 2 aromatic rings. The molecule has 0 unspecified atom stereocenters. The monoisotopic (exact) mass is 458 g/mol. The number of hydrogen-bond acceptors (Lipinski definition) is 5.